The van der Waals surface area contributed by atoms with E-state index in [1.54, 1.807) is 0 Å². The molecule has 1 saturated carbocycles. The molecule has 0 bridgehead atoms. The molecule has 3 nitrogen and oxygen atoms in total. The number of rotatable bonds is 4. The van der Waals surface area contributed by atoms with E-state index >= 15 is 0 Å². The van der Waals surface area contributed by atoms with Crippen LogP contribution < -0.4 is 5.32 Å². The van der Waals surface area contributed by atoms with Gasteiger partial charge in [0.2, 0.25) is 0 Å². The van der Waals surface area contributed by atoms with E-state index < -0.39 is 0 Å². The molecular weight excluding hydrogens is 224 g/mol. The summed E-state index contributed by atoms with van der Waals surface area (Å²) >= 11 is 0. The molecule has 1 aromatic heterocycles. The Hall–Kier alpha value is -0.800. The standard InChI is InChI=1S/C15H24N2O/c1-11-5-8-14(18-11)15-12(10-16-2)4-3-9-17(15)13-6-7-13/h5,8,12-13,15-16H,3-4,6-7,9-10H2,1-2H3. The van der Waals surface area contributed by atoms with Crippen molar-refractivity contribution in [1.82, 2.24) is 10.2 Å². The number of aryl methyl sites for hydroxylation is 1. The van der Waals surface area contributed by atoms with Gasteiger partial charge in [0.1, 0.15) is 11.5 Å². The maximum absolute atomic E-state index is 5.94. The van der Waals surface area contributed by atoms with Crippen molar-refractivity contribution in [2.24, 2.45) is 5.92 Å². The van der Waals surface area contributed by atoms with Gasteiger partial charge in [-0.15, -0.1) is 0 Å². The van der Waals surface area contributed by atoms with Crippen molar-refractivity contribution in [3.8, 4) is 0 Å². The zero-order valence-electron chi connectivity index (χ0n) is 11.5. The van der Waals surface area contributed by atoms with Crippen LogP contribution in [0.3, 0.4) is 0 Å². The van der Waals surface area contributed by atoms with Gasteiger partial charge in [0.25, 0.3) is 0 Å². The zero-order chi connectivity index (χ0) is 12.5. The van der Waals surface area contributed by atoms with E-state index in [-0.39, 0.29) is 0 Å². The zero-order valence-corrected chi connectivity index (χ0v) is 11.5. The van der Waals surface area contributed by atoms with Gasteiger partial charge in [-0.2, -0.15) is 0 Å². The first-order valence-electron chi connectivity index (χ1n) is 7.26. The van der Waals surface area contributed by atoms with Crippen LogP contribution in [0.15, 0.2) is 16.5 Å². The minimum absolute atomic E-state index is 0.493. The summed E-state index contributed by atoms with van der Waals surface area (Å²) < 4.78 is 5.94. The van der Waals surface area contributed by atoms with Gasteiger partial charge in [-0.25, -0.2) is 0 Å². The van der Waals surface area contributed by atoms with Crippen LogP contribution in [0.5, 0.6) is 0 Å². The third-order valence-electron chi connectivity index (χ3n) is 4.33. The monoisotopic (exact) mass is 248 g/mol. The Morgan fingerprint density at radius 1 is 1.33 bits per heavy atom. The predicted molar refractivity (Wildman–Crippen MR) is 72.6 cm³/mol. The first kappa shape index (κ1) is 12.2. The summed E-state index contributed by atoms with van der Waals surface area (Å²) in [6.07, 6.45) is 5.40. The quantitative estimate of drug-likeness (QED) is 0.888. The van der Waals surface area contributed by atoms with Crippen LogP contribution in [0.2, 0.25) is 0 Å². The average Bonchev–Trinajstić information content (AvgIpc) is 3.12. The highest BCUT2D eigenvalue weighted by Crippen LogP contribution is 2.42. The van der Waals surface area contributed by atoms with Gasteiger partial charge in [0.15, 0.2) is 0 Å². The maximum atomic E-state index is 5.94. The molecule has 18 heavy (non-hydrogen) atoms. The van der Waals surface area contributed by atoms with Crippen molar-refractivity contribution in [2.75, 3.05) is 20.1 Å². The average molecular weight is 248 g/mol. The van der Waals surface area contributed by atoms with Crippen molar-refractivity contribution < 1.29 is 4.42 Å². The Labute approximate surface area is 110 Å². The Balaban J connectivity index is 1.85. The SMILES string of the molecule is CNCC1CCCN(C2CC2)C1c1ccc(C)o1. The smallest absolute Gasteiger partial charge is 0.121 e. The molecule has 1 saturated heterocycles. The summed E-state index contributed by atoms with van der Waals surface area (Å²) in [4.78, 5) is 2.70. The lowest BCUT2D eigenvalue weighted by Crippen LogP contribution is -2.43. The number of furan rings is 1. The van der Waals surface area contributed by atoms with Crippen LogP contribution in [0.1, 0.15) is 43.2 Å². The second-order valence-corrected chi connectivity index (χ2v) is 5.82. The summed E-state index contributed by atoms with van der Waals surface area (Å²) in [5.41, 5.74) is 0. The topological polar surface area (TPSA) is 28.4 Å². The molecule has 2 heterocycles. The van der Waals surface area contributed by atoms with E-state index in [9.17, 15) is 0 Å². The molecule has 2 unspecified atom stereocenters. The molecular formula is C15H24N2O. The fraction of sp³-hybridized carbons (Fsp3) is 0.733. The summed E-state index contributed by atoms with van der Waals surface area (Å²) in [5, 5.41) is 3.36. The van der Waals surface area contributed by atoms with Gasteiger partial charge < -0.3 is 9.73 Å². The highest BCUT2D eigenvalue weighted by Gasteiger charge is 2.41. The molecule has 3 rings (SSSR count). The molecule has 2 atom stereocenters. The molecule has 2 aliphatic rings. The molecule has 0 spiro atoms. The molecule has 0 radical (unpaired) electrons. The molecule has 3 heteroatoms. The third kappa shape index (κ3) is 2.34. The van der Waals surface area contributed by atoms with Gasteiger partial charge in [-0.1, -0.05) is 0 Å². The van der Waals surface area contributed by atoms with Crippen molar-refractivity contribution >= 4 is 0 Å². The summed E-state index contributed by atoms with van der Waals surface area (Å²) in [6, 6.07) is 5.60. The molecule has 2 fully saturated rings. The largest absolute Gasteiger partial charge is 0.465 e. The maximum Gasteiger partial charge on any atom is 0.121 e. The lowest BCUT2D eigenvalue weighted by molar-refractivity contribution is 0.0683. The number of nitrogens with one attached hydrogen (secondary N) is 1. The van der Waals surface area contributed by atoms with E-state index in [2.05, 4.69) is 29.4 Å². The summed E-state index contributed by atoms with van der Waals surface area (Å²) in [7, 11) is 2.06. The molecule has 1 aromatic rings. The lowest BCUT2D eigenvalue weighted by Gasteiger charge is -2.40. The Bertz CT molecular complexity index is 395. The first-order valence-corrected chi connectivity index (χ1v) is 7.26. The van der Waals surface area contributed by atoms with E-state index in [0.29, 0.717) is 12.0 Å². The summed E-state index contributed by atoms with van der Waals surface area (Å²) in [5.74, 6) is 2.91. The number of likely N-dealkylation sites (tertiary alicyclic amines) is 1. The van der Waals surface area contributed by atoms with Crippen molar-refractivity contribution in [3.63, 3.8) is 0 Å². The highest BCUT2D eigenvalue weighted by atomic mass is 16.3. The van der Waals surface area contributed by atoms with Crippen LogP contribution in [0, 0.1) is 12.8 Å². The number of piperidine rings is 1. The molecule has 0 aromatic carbocycles. The molecule has 100 valence electrons. The van der Waals surface area contributed by atoms with Gasteiger partial charge in [-0.3, -0.25) is 4.90 Å². The molecule has 1 aliphatic carbocycles. The van der Waals surface area contributed by atoms with E-state index in [1.165, 1.54) is 38.0 Å². The molecule has 1 N–H and O–H groups in total. The van der Waals surface area contributed by atoms with E-state index in [1.807, 2.05) is 6.92 Å². The third-order valence-corrected chi connectivity index (χ3v) is 4.33. The Morgan fingerprint density at radius 2 is 2.17 bits per heavy atom. The van der Waals surface area contributed by atoms with Crippen molar-refractivity contribution in [2.45, 2.75) is 44.7 Å². The minimum Gasteiger partial charge on any atom is -0.465 e. The number of nitrogens with zero attached hydrogens (tertiary/aromatic N) is 1. The second kappa shape index (κ2) is 5.06. The predicted octanol–water partition coefficient (Wildman–Crippen LogP) is 2.72. The van der Waals surface area contributed by atoms with E-state index in [0.717, 1.165) is 18.3 Å². The fourth-order valence-electron chi connectivity index (χ4n) is 3.40. The van der Waals surface area contributed by atoms with Gasteiger partial charge in [0.05, 0.1) is 6.04 Å². The summed E-state index contributed by atoms with van der Waals surface area (Å²) in [6.45, 7) is 4.38. The van der Waals surface area contributed by atoms with Crippen LogP contribution in [0.25, 0.3) is 0 Å². The Morgan fingerprint density at radius 3 is 2.78 bits per heavy atom. The lowest BCUT2D eigenvalue weighted by atomic mass is 9.87. The molecule has 0 amide bonds. The molecule has 1 aliphatic heterocycles. The Kier molecular flexibility index (Phi) is 3.44. The van der Waals surface area contributed by atoms with Crippen molar-refractivity contribution in [1.29, 1.82) is 0 Å². The van der Waals surface area contributed by atoms with Gasteiger partial charge in [0, 0.05) is 6.04 Å². The minimum atomic E-state index is 0.493. The van der Waals surface area contributed by atoms with Gasteiger partial charge in [-0.05, 0) is 70.8 Å². The van der Waals surface area contributed by atoms with Crippen LogP contribution in [0.4, 0.5) is 0 Å². The van der Waals surface area contributed by atoms with Crippen LogP contribution in [-0.4, -0.2) is 31.1 Å². The van der Waals surface area contributed by atoms with Crippen LogP contribution in [-0.2, 0) is 0 Å². The first-order chi connectivity index (χ1) is 8.79. The van der Waals surface area contributed by atoms with E-state index in [4.69, 9.17) is 4.42 Å². The van der Waals surface area contributed by atoms with Crippen molar-refractivity contribution in [3.05, 3.63) is 23.7 Å². The normalized spacial score (nSPS) is 29.7. The highest BCUT2D eigenvalue weighted by molar-refractivity contribution is 5.13. The number of hydrogen-bond donors (Lipinski definition) is 1. The fourth-order valence-corrected chi connectivity index (χ4v) is 3.40. The van der Waals surface area contributed by atoms with Crippen LogP contribution >= 0.6 is 0 Å². The van der Waals surface area contributed by atoms with Gasteiger partial charge >= 0.3 is 0 Å². The second-order valence-electron chi connectivity index (χ2n) is 5.82. The number of hydrogen-bond acceptors (Lipinski definition) is 3.